The van der Waals surface area contributed by atoms with E-state index in [0.29, 0.717) is 35.5 Å². The van der Waals surface area contributed by atoms with Crippen LogP contribution in [0.4, 0.5) is 0 Å². The Morgan fingerprint density at radius 1 is 0.966 bits per heavy atom. The van der Waals surface area contributed by atoms with Gasteiger partial charge < -0.3 is 9.80 Å². The van der Waals surface area contributed by atoms with Gasteiger partial charge in [-0.1, -0.05) is 24.3 Å². The Balaban J connectivity index is 1.82. The van der Waals surface area contributed by atoms with Crippen LogP contribution in [0.3, 0.4) is 0 Å². The monoisotopic (exact) mass is 495 g/mol. The number of halogens is 1. The van der Waals surface area contributed by atoms with Gasteiger partial charge in [0.1, 0.15) is 15.6 Å². The molecule has 2 heterocycles. The van der Waals surface area contributed by atoms with Gasteiger partial charge in [0, 0.05) is 37.3 Å². The minimum atomic E-state index is -4.01. The number of allylic oxidation sites excluding steroid dienone is 2. The van der Waals surface area contributed by atoms with E-state index in [2.05, 4.69) is 25.6 Å². The second-order valence-electron chi connectivity index (χ2n) is 6.88. The first kappa shape index (κ1) is 20.3. The molecule has 1 saturated heterocycles. The molecular formula is C19H18BrN3O4S2. The van der Waals surface area contributed by atoms with Crippen molar-refractivity contribution in [1.29, 1.82) is 0 Å². The number of ketones is 2. The number of likely N-dealkylation sites (N-methyl/N-ethyl adjacent to an activating group) is 1. The van der Waals surface area contributed by atoms with Gasteiger partial charge in [-0.2, -0.15) is 0 Å². The van der Waals surface area contributed by atoms with Gasteiger partial charge in [0.2, 0.25) is 11.6 Å². The second-order valence-corrected chi connectivity index (χ2v) is 11.3. The van der Waals surface area contributed by atoms with Crippen LogP contribution in [-0.4, -0.2) is 63.0 Å². The number of carbonyl (C=O) groups excluding carboxylic acids is 2. The van der Waals surface area contributed by atoms with Gasteiger partial charge in [-0.3, -0.25) is 14.3 Å². The third kappa shape index (κ3) is 3.77. The van der Waals surface area contributed by atoms with Crippen molar-refractivity contribution in [2.24, 2.45) is 0 Å². The molecule has 1 N–H and O–H groups in total. The molecule has 1 aromatic heterocycles. The summed E-state index contributed by atoms with van der Waals surface area (Å²) in [6, 6.07) is 9.59. The largest absolute Gasteiger partial charge is 0.364 e. The highest BCUT2D eigenvalue weighted by Gasteiger charge is 2.38. The number of thiophene rings is 1. The van der Waals surface area contributed by atoms with Crippen LogP contribution in [0, 0.1) is 0 Å². The predicted octanol–water partition coefficient (Wildman–Crippen LogP) is 2.33. The quantitative estimate of drug-likeness (QED) is 0.700. The molecule has 0 unspecified atom stereocenters. The first-order chi connectivity index (χ1) is 13.8. The molecule has 2 aliphatic rings. The van der Waals surface area contributed by atoms with Crippen LogP contribution in [0.1, 0.15) is 20.7 Å². The van der Waals surface area contributed by atoms with Crippen molar-refractivity contribution in [3.05, 3.63) is 62.7 Å². The smallest absolute Gasteiger partial charge is 0.271 e. The molecule has 0 bridgehead atoms. The third-order valence-electron chi connectivity index (χ3n) is 4.96. The van der Waals surface area contributed by atoms with Crippen LogP contribution in [-0.2, 0) is 10.0 Å². The fourth-order valence-corrected chi connectivity index (χ4v) is 6.50. The van der Waals surface area contributed by atoms with Crippen LogP contribution < -0.4 is 4.72 Å². The summed E-state index contributed by atoms with van der Waals surface area (Å²) in [5.74, 6) is -0.830. The number of fused-ring (bicyclic) bond motifs is 1. The highest BCUT2D eigenvalue weighted by atomic mass is 79.9. The van der Waals surface area contributed by atoms with Crippen molar-refractivity contribution in [3.8, 4) is 0 Å². The molecule has 2 aromatic rings. The Labute approximate surface area is 181 Å². The van der Waals surface area contributed by atoms with Crippen LogP contribution >= 0.6 is 27.3 Å². The highest BCUT2D eigenvalue weighted by Crippen LogP contribution is 2.31. The van der Waals surface area contributed by atoms with Crippen LogP contribution in [0.5, 0.6) is 0 Å². The van der Waals surface area contributed by atoms with E-state index in [0.717, 1.165) is 11.3 Å². The van der Waals surface area contributed by atoms with Gasteiger partial charge in [0.15, 0.2) is 0 Å². The average molecular weight is 496 g/mol. The molecule has 7 nitrogen and oxygen atoms in total. The number of hydrogen-bond donors (Lipinski definition) is 1. The van der Waals surface area contributed by atoms with E-state index < -0.39 is 15.8 Å². The van der Waals surface area contributed by atoms with Crippen LogP contribution in [0.25, 0.3) is 0 Å². The van der Waals surface area contributed by atoms with Crippen molar-refractivity contribution >= 4 is 48.9 Å². The predicted molar refractivity (Wildman–Crippen MR) is 114 cm³/mol. The summed E-state index contributed by atoms with van der Waals surface area (Å²) < 4.78 is 29.0. The molecule has 0 amide bonds. The fourth-order valence-electron chi connectivity index (χ4n) is 3.42. The number of piperazine rings is 1. The number of sulfonamides is 1. The molecule has 1 aromatic carbocycles. The first-order valence-corrected chi connectivity index (χ1v) is 12.0. The molecule has 1 fully saturated rings. The van der Waals surface area contributed by atoms with Gasteiger partial charge in [0.25, 0.3) is 10.0 Å². The molecule has 1 aliphatic heterocycles. The highest BCUT2D eigenvalue weighted by molar-refractivity contribution is 9.11. The number of Topliss-reactive ketones (excluding diaryl/α,β-unsaturated/α-hetero) is 2. The van der Waals surface area contributed by atoms with Crippen molar-refractivity contribution < 1.29 is 18.0 Å². The van der Waals surface area contributed by atoms with Crippen LogP contribution in [0.15, 0.2) is 55.8 Å². The molecule has 1 aliphatic carbocycles. The molecule has 0 saturated carbocycles. The van der Waals surface area contributed by atoms with E-state index in [1.54, 1.807) is 35.2 Å². The van der Waals surface area contributed by atoms with E-state index in [1.165, 1.54) is 6.07 Å². The Bertz CT molecular complexity index is 1130. The van der Waals surface area contributed by atoms with Crippen LogP contribution in [0.2, 0.25) is 0 Å². The van der Waals surface area contributed by atoms with Gasteiger partial charge in [0.05, 0.1) is 3.79 Å². The summed E-state index contributed by atoms with van der Waals surface area (Å²) in [6.45, 7) is 2.49. The summed E-state index contributed by atoms with van der Waals surface area (Å²) in [5, 5.41) is 0. The summed E-state index contributed by atoms with van der Waals surface area (Å²) in [4.78, 5) is 30.4. The molecule has 0 atom stereocenters. The van der Waals surface area contributed by atoms with Gasteiger partial charge >= 0.3 is 0 Å². The Kier molecular flexibility index (Phi) is 5.36. The fraction of sp³-hybridized carbons (Fsp3) is 0.263. The van der Waals surface area contributed by atoms with E-state index >= 15 is 0 Å². The van der Waals surface area contributed by atoms with Gasteiger partial charge in [-0.05, 0) is 35.1 Å². The van der Waals surface area contributed by atoms with Gasteiger partial charge in [-0.25, -0.2) is 8.42 Å². The standard InChI is InChI=1S/C19H18BrN3O4S2/c1-22-8-10-23(11-9-22)17-16(21-29(26,27)15-7-6-14(20)28-15)18(24)12-4-2-3-5-13(12)19(17)25/h2-7,21H,8-11H2,1H3. The topological polar surface area (TPSA) is 86.8 Å². The van der Waals surface area contributed by atoms with E-state index in [9.17, 15) is 18.0 Å². The lowest BCUT2D eigenvalue weighted by Gasteiger charge is -2.37. The SMILES string of the molecule is CN1CCN(C2=C(NS(=O)(=O)c3ccc(Br)s3)C(=O)c3ccccc3C2=O)CC1. The zero-order valence-electron chi connectivity index (χ0n) is 15.5. The van der Waals surface area contributed by atoms with E-state index in [1.807, 2.05) is 7.05 Å². The van der Waals surface area contributed by atoms with E-state index in [4.69, 9.17) is 0 Å². The minimum absolute atomic E-state index is 0.0636. The molecule has 10 heteroatoms. The number of nitrogens with zero attached hydrogens (tertiary/aromatic N) is 2. The lowest BCUT2D eigenvalue weighted by molar-refractivity contribution is 0.0913. The molecule has 4 rings (SSSR count). The minimum Gasteiger partial charge on any atom is -0.364 e. The molecule has 0 radical (unpaired) electrons. The molecule has 0 spiro atoms. The lowest BCUT2D eigenvalue weighted by Crippen LogP contribution is -2.48. The zero-order chi connectivity index (χ0) is 20.8. The zero-order valence-corrected chi connectivity index (χ0v) is 18.7. The maximum Gasteiger partial charge on any atom is 0.271 e. The third-order valence-corrected chi connectivity index (χ3v) is 8.43. The maximum atomic E-state index is 13.3. The molecule has 152 valence electrons. The van der Waals surface area contributed by atoms with Crippen molar-refractivity contribution in [1.82, 2.24) is 14.5 Å². The normalized spacial score (nSPS) is 18.2. The van der Waals surface area contributed by atoms with Crippen molar-refractivity contribution in [2.45, 2.75) is 4.21 Å². The lowest BCUT2D eigenvalue weighted by atomic mass is 9.90. The number of benzene rings is 1. The van der Waals surface area contributed by atoms with Crippen molar-refractivity contribution in [2.75, 3.05) is 33.2 Å². The summed E-state index contributed by atoms with van der Waals surface area (Å²) in [5.41, 5.74) is 0.456. The Morgan fingerprint density at radius 3 is 2.17 bits per heavy atom. The number of hydrogen-bond acceptors (Lipinski definition) is 7. The number of carbonyl (C=O) groups is 2. The molecule has 29 heavy (non-hydrogen) atoms. The summed E-state index contributed by atoms with van der Waals surface area (Å²) >= 11 is 4.29. The van der Waals surface area contributed by atoms with Crippen molar-refractivity contribution in [3.63, 3.8) is 0 Å². The van der Waals surface area contributed by atoms with Gasteiger partial charge in [-0.15, -0.1) is 11.3 Å². The number of nitrogens with one attached hydrogen (secondary N) is 1. The van der Waals surface area contributed by atoms with E-state index in [-0.39, 0.29) is 26.9 Å². The first-order valence-electron chi connectivity index (χ1n) is 8.92. The maximum absolute atomic E-state index is 13.3. The molecular weight excluding hydrogens is 478 g/mol. The Hall–Kier alpha value is -2.01. The summed E-state index contributed by atoms with van der Waals surface area (Å²) in [6.07, 6.45) is 0. The summed E-state index contributed by atoms with van der Waals surface area (Å²) in [7, 11) is -2.03. The Morgan fingerprint density at radius 2 is 1.59 bits per heavy atom. The number of rotatable bonds is 4. The second kappa shape index (κ2) is 7.67. The average Bonchev–Trinajstić information content (AvgIpc) is 3.14.